The first kappa shape index (κ1) is 64.8. The minimum atomic E-state index is -5.45. The van der Waals surface area contributed by atoms with Gasteiger partial charge in [0.1, 0.15) is 30.7 Å². The second-order valence-corrected chi connectivity index (χ2v) is 20.0. The maximum atomic E-state index is 12.9. The Labute approximate surface area is 431 Å². The number of nitrogen functional groups attached to an aromatic ring is 1. The summed E-state index contributed by atoms with van der Waals surface area (Å²) in [6, 6.07) is 1.24. The summed E-state index contributed by atoms with van der Waals surface area (Å²) in [5.74, 6) is -1.42. The number of aliphatic hydroxyl groups is 3. The molecule has 1 saturated heterocycles. The number of esters is 2. The molecular weight excluding hydrogens is 985 g/mol. The summed E-state index contributed by atoms with van der Waals surface area (Å²) in [5.41, 5.74) is 4.58. The number of unbranched alkanes of at least 4 members (excludes halogenated alkanes) is 8. The van der Waals surface area contributed by atoms with Crippen LogP contribution in [0.2, 0.25) is 0 Å². The Balaban J connectivity index is 1.84. The number of carbonyl (C=O) groups excluding carboxylic acids is 2. The van der Waals surface area contributed by atoms with Crippen LogP contribution in [0.15, 0.2) is 114 Å². The number of aliphatic hydroxyl groups excluding tert-OH is 3. The first-order valence-electron chi connectivity index (χ1n) is 25.4. The Hall–Kier alpha value is -4.36. The smallest absolute Gasteiger partial charge is 0.462 e. The lowest BCUT2D eigenvalue weighted by atomic mass is 10.1. The first-order valence-corrected chi connectivity index (χ1v) is 28.3. The van der Waals surface area contributed by atoms with E-state index in [2.05, 4.69) is 101 Å². The van der Waals surface area contributed by atoms with Crippen LogP contribution in [-0.2, 0) is 46.3 Å². The lowest BCUT2D eigenvalue weighted by Crippen LogP contribution is -2.36. The van der Waals surface area contributed by atoms with Crippen molar-refractivity contribution in [3.05, 3.63) is 120 Å². The molecule has 73 heavy (non-hydrogen) atoms. The van der Waals surface area contributed by atoms with Crippen LogP contribution < -0.4 is 11.4 Å². The summed E-state index contributed by atoms with van der Waals surface area (Å²) in [4.78, 5) is 61.9. The van der Waals surface area contributed by atoms with Crippen LogP contribution in [0.4, 0.5) is 5.82 Å². The number of phosphoric acid groups is 2. The van der Waals surface area contributed by atoms with Gasteiger partial charge in [-0.3, -0.25) is 23.2 Å². The van der Waals surface area contributed by atoms with Crippen molar-refractivity contribution in [1.82, 2.24) is 9.55 Å². The van der Waals surface area contributed by atoms with Crippen molar-refractivity contribution in [2.45, 2.75) is 166 Å². The van der Waals surface area contributed by atoms with Gasteiger partial charge in [0.05, 0.1) is 13.2 Å². The molecule has 1 aliphatic rings. The second kappa shape index (κ2) is 40.0. The highest BCUT2D eigenvalue weighted by molar-refractivity contribution is 7.61. The normalized spacial score (nSPS) is 19.8. The molecule has 0 spiro atoms. The molecule has 2 unspecified atom stereocenters. The summed E-state index contributed by atoms with van der Waals surface area (Å²) < 4.78 is 56.7. The van der Waals surface area contributed by atoms with Crippen LogP contribution in [0.3, 0.4) is 0 Å². The molecule has 0 radical (unpaired) electrons. The lowest BCUT2D eigenvalue weighted by Gasteiger charge is -2.21. The number of allylic oxidation sites excluding steroid dienone is 16. The molecule has 1 aromatic heterocycles. The van der Waals surface area contributed by atoms with E-state index in [1.54, 1.807) is 0 Å². The van der Waals surface area contributed by atoms with E-state index in [0.717, 1.165) is 107 Å². The van der Waals surface area contributed by atoms with Crippen molar-refractivity contribution < 1.29 is 71.4 Å². The molecule has 0 amide bonds. The predicted molar refractivity (Wildman–Crippen MR) is 281 cm³/mol. The molecule has 7 atom stereocenters. The predicted octanol–water partition coefficient (Wildman–Crippen LogP) is 9.41. The maximum Gasteiger partial charge on any atom is 0.481 e. The quantitative estimate of drug-likeness (QED) is 0.0154. The van der Waals surface area contributed by atoms with Crippen molar-refractivity contribution in [3.8, 4) is 0 Å². The zero-order valence-corrected chi connectivity index (χ0v) is 44.1. The summed E-state index contributed by atoms with van der Waals surface area (Å²) in [5, 5.41) is 29.7. The van der Waals surface area contributed by atoms with Crippen LogP contribution in [0.1, 0.15) is 142 Å². The van der Waals surface area contributed by atoms with Gasteiger partial charge in [0.25, 0.3) is 0 Å². The van der Waals surface area contributed by atoms with Crippen molar-refractivity contribution in [2.24, 2.45) is 0 Å². The van der Waals surface area contributed by atoms with Crippen molar-refractivity contribution in [3.63, 3.8) is 0 Å². The molecule has 21 heteroatoms. The van der Waals surface area contributed by atoms with Crippen LogP contribution >= 0.6 is 15.6 Å². The Morgan fingerprint density at radius 1 is 0.685 bits per heavy atom. The van der Waals surface area contributed by atoms with E-state index >= 15 is 0 Å². The Morgan fingerprint density at radius 2 is 1.18 bits per heavy atom. The summed E-state index contributed by atoms with van der Waals surface area (Å²) >= 11 is 0. The number of anilines is 1. The number of hydrogen-bond donors (Lipinski definition) is 6. The number of hydrogen-bond acceptors (Lipinski definition) is 16. The van der Waals surface area contributed by atoms with E-state index in [9.17, 15) is 43.5 Å². The topological polar surface area (TPSA) is 286 Å². The average molecular weight is 1070 g/mol. The van der Waals surface area contributed by atoms with Gasteiger partial charge in [-0.05, 0) is 102 Å². The fraction of sp³-hybridized carbons (Fsp3) is 0.577. The van der Waals surface area contributed by atoms with Crippen LogP contribution in [0.25, 0.3) is 0 Å². The van der Waals surface area contributed by atoms with Gasteiger partial charge in [0.15, 0.2) is 12.3 Å². The van der Waals surface area contributed by atoms with E-state index in [1.165, 1.54) is 6.07 Å². The van der Waals surface area contributed by atoms with Gasteiger partial charge < -0.3 is 45.1 Å². The van der Waals surface area contributed by atoms with Gasteiger partial charge in [-0.2, -0.15) is 9.29 Å². The van der Waals surface area contributed by atoms with Gasteiger partial charge in [-0.15, -0.1) is 0 Å². The molecule has 0 bridgehead atoms. The van der Waals surface area contributed by atoms with E-state index < -0.39 is 83.7 Å². The van der Waals surface area contributed by atoms with Crippen molar-refractivity contribution >= 4 is 33.4 Å². The fourth-order valence-corrected chi connectivity index (χ4v) is 8.91. The monoisotopic (exact) mass is 1070 g/mol. The van der Waals surface area contributed by atoms with E-state index in [0.29, 0.717) is 19.3 Å². The van der Waals surface area contributed by atoms with Gasteiger partial charge in [0, 0.05) is 25.6 Å². The fourth-order valence-electron chi connectivity index (χ4n) is 6.80. The van der Waals surface area contributed by atoms with Crippen LogP contribution in [-0.4, -0.2) is 97.4 Å². The zero-order chi connectivity index (χ0) is 53.4. The highest BCUT2D eigenvalue weighted by atomic mass is 31.3. The number of rotatable bonds is 41. The standard InChI is InChI=1S/C52H81N3O16P2/c1-2-3-4-5-6-7-8-9-10-12-16-19-22-25-28-31-34-37-48(58)69-44(41-66-47(57)36-33-30-27-24-21-18-15-13-11-14-17-20-23-26-29-32-35-40-56)42-67-72(62,63)71-73(64,65)68-43-45-49(59)50(60)51(70-45)55-39-38-46(53)54-52(55)61/h3-4,6-7,9-11,14-16,18-20,23-24,27,38-39,44-45,49-51,56,59-60H,2,5,8,12-13,17,21-22,25-26,28-37,40-43H2,1H3,(H,62,63)(H,64,65)(H2,53,54,61)/b4-3-,7-6-,10-9-,14-11-,18-15-,19-16-,23-20-,27-24-/t44-,45-,49-,50-,51-/m1/s1. The van der Waals surface area contributed by atoms with Gasteiger partial charge in [0.2, 0.25) is 0 Å². The summed E-state index contributed by atoms with van der Waals surface area (Å²) in [6.07, 6.45) is 42.2. The third-order valence-electron chi connectivity index (χ3n) is 10.7. The molecule has 2 rings (SSSR count). The molecule has 0 aromatic carbocycles. The number of nitrogens with two attached hydrogens (primary N) is 1. The van der Waals surface area contributed by atoms with Gasteiger partial charge in [-0.25, -0.2) is 13.9 Å². The Bertz CT molecular complexity index is 2100. The van der Waals surface area contributed by atoms with Crippen LogP contribution in [0.5, 0.6) is 0 Å². The number of nitrogens with zero attached hydrogens (tertiary/aromatic N) is 2. The molecule has 0 aliphatic carbocycles. The highest BCUT2D eigenvalue weighted by Gasteiger charge is 2.46. The van der Waals surface area contributed by atoms with Crippen molar-refractivity contribution in [2.75, 3.05) is 32.2 Å². The highest BCUT2D eigenvalue weighted by Crippen LogP contribution is 2.60. The molecule has 410 valence electrons. The largest absolute Gasteiger partial charge is 0.481 e. The van der Waals surface area contributed by atoms with Gasteiger partial charge >= 0.3 is 33.3 Å². The molecule has 19 nitrogen and oxygen atoms in total. The summed E-state index contributed by atoms with van der Waals surface area (Å²) in [7, 11) is -10.9. The van der Waals surface area contributed by atoms with E-state index in [1.807, 2.05) is 12.2 Å². The molecule has 2 heterocycles. The number of carbonyl (C=O) groups is 2. The molecular formula is C52H81N3O16P2. The Morgan fingerprint density at radius 3 is 1.73 bits per heavy atom. The maximum absolute atomic E-state index is 12.9. The summed E-state index contributed by atoms with van der Waals surface area (Å²) in [6.45, 7) is -0.0491. The number of ether oxygens (including phenoxy) is 3. The Kier molecular flexibility index (Phi) is 35.5. The second-order valence-electron chi connectivity index (χ2n) is 17.0. The van der Waals surface area contributed by atoms with Crippen LogP contribution in [0, 0.1) is 0 Å². The molecule has 0 saturated carbocycles. The zero-order valence-electron chi connectivity index (χ0n) is 42.3. The average Bonchev–Trinajstić information content (AvgIpc) is 3.63. The van der Waals surface area contributed by atoms with E-state index in [4.69, 9.17) is 34.1 Å². The van der Waals surface area contributed by atoms with E-state index in [-0.39, 0.29) is 25.3 Å². The minimum Gasteiger partial charge on any atom is -0.462 e. The number of aromatic nitrogens is 2. The van der Waals surface area contributed by atoms with Gasteiger partial charge in [-0.1, -0.05) is 123 Å². The SMILES string of the molecule is CC/C=C\C/C=C\C/C=C\C/C=C\CCCCCCC(=O)O[C@H](COC(=O)CCC/C=C\C/C=C\C/C=C\C/C=C\CCCCCO)COP(=O)(O)OP(=O)(O)OC[C@H]1O[C@@H](n2ccc(N)nc2=O)[C@H](O)[C@@H]1O. The third-order valence-corrected chi connectivity index (χ3v) is 13.3. The molecule has 1 aliphatic heterocycles. The minimum absolute atomic E-state index is 0.000889. The molecule has 1 aromatic rings. The van der Waals surface area contributed by atoms with Crippen molar-refractivity contribution in [1.29, 1.82) is 0 Å². The molecule has 7 N–H and O–H groups in total. The number of phosphoric ester groups is 2. The lowest BCUT2D eigenvalue weighted by molar-refractivity contribution is -0.161. The third kappa shape index (κ3) is 32.5. The first-order chi connectivity index (χ1) is 35.2. The molecule has 1 fully saturated rings.